The largest absolute Gasteiger partial charge is 0.345 e. The SMILES string of the molecule is Cc1nn(Cc2ccc3nsnc3c2)c(=O)n1C. The fourth-order valence-electron chi connectivity index (χ4n) is 1.80. The van der Waals surface area contributed by atoms with Gasteiger partial charge in [0, 0.05) is 7.05 Å². The molecule has 0 saturated heterocycles. The van der Waals surface area contributed by atoms with Crippen molar-refractivity contribution in [2.45, 2.75) is 13.5 Å². The molecule has 2 aromatic heterocycles. The molecule has 0 N–H and O–H groups in total. The van der Waals surface area contributed by atoms with Gasteiger partial charge in [-0.05, 0) is 24.6 Å². The molecule has 0 unspecified atom stereocenters. The Hall–Kier alpha value is -2.02. The molecule has 0 radical (unpaired) electrons. The van der Waals surface area contributed by atoms with E-state index in [1.165, 1.54) is 21.0 Å². The molecule has 7 heteroatoms. The number of rotatable bonds is 2. The van der Waals surface area contributed by atoms with Gasteiger partial charge in [-0.25, -0.2) is 9.48 Å². The van der Waals surface area contributed by atoms with E-state index in [4.69, 9.17) is 0 Å². The number of aromatic nitrogens is 5. The maximum atomic E-state index is 11.8. The number of hydrogen-bond donors (Lipinski definition) is 0. The first-order valence-corrected chi connectivity index (χ1v) is 6.20. The fraction of sp³-hybridized carbons (Fsp3) is 0.273. The lowest BCUT2D eigenvalue weighted by atomic mass is 10.2. The maximum absolute atomic E-state index is 11.8. The highest BCUT2D eigenvalue weighted by molar-refractivity contribution is 7.00. The Morgan fingerprint density at radius 1 is 1.28 bits per heavy atom. The average Bonchev–Trinajstić information content (AvgIpc) is 2.91. The lowest BCUT2D eigenvalue weighted by Crippen LogP contribution is -2.23. The molecule has 3 aromatic rings. The molecule has 0 aliphatic heterocycles. The molecule has 2 heterocycles. The van der Waals surface area contributed by atoms with Gasteiger partial charge in [0.2, 0.25) is 0 Å². The summed E-state index contributed by atoms with van der Waals surface area (Å²) in [5.41, 5.74) is 2.63. The molecule has 0 aliphatic rings. The van der Waals surface area contributed by atoms with Crippen LogP contribution in [-0.4, -0.2) is 23.1 Å². The van der Waals surface area contributed by atoms with Crippen LogP contribution >= 0.6 is 11.7 Å². The van der Waals surface area contributed by atoms with E-state index in [2.05, 4.69) is 13.8 Å². The van der Waals surface area contributed by atoms with Crippen LogP contribution < -0.4 is 5.69 Å². The molecule has 0 spiro atoms. The topological polar surface area (TPSA) is 65.6 Å². The van der Waals surface area contributed by atoms with Crippen LogP contribution in [0.1, 0.15) is 11.4 Å². The Balaban J connectivity index is 2.00. The van der Waals surface area contributed by atoms with Gasteiger partial charge < -0.3 is 0 Å². The van der Waals surface area contributed by atoms with E-state index in [1.54, 1.807) is 7.05 Å². The Morgan fingerprint density at radius 3 is 2.78 bits per heavy atom. The van der Waals surface area contributed by atoms with Gasteiger partial charge >= 0.3 is 5.69 Å². The Kier molecular flexibility index (Phi) is 2.48. The Bertz CT molecular complexity index is 769. The van der Waals surface area contributed by atoms with E-state index in [0.717, 1.165) is 16.6 Å². The highest BCUT2D eigenvalue weighted by atomic mass is 32.1. The summed E-state index contributed by atoms with van der Waals surface area (Å²) in [6.45, 7) is 2.26. The van der Waals surface area contributed by atoms with Crippen LogP contribution in [0.15, 0.2) is 23.0 Å². The molecule has 1 aromatic carbocycles. The minimum atomic E-state index is -0.107. The van der Waals surface area contributed by atoms with Gasteiger partial charge in [0.05, 0.1) is 18.3 Å². The summed E-state index contributed by atoms with van der Waals surface area (Å²) in [4.78, 5) is 11.8. The molecule has 3 rings (SSSR count). The van der Waals surface area contributed by atoms with E-state index in [-0.39, 0.29) is 5.69 Å². The molecular formula is C11H11N5OS. The summed E-state index contributed by atoms with van der Waals surface area (Å²) >= 11 is 1.19. The lowest BCUT2D eigenvalue weighted by molar-refractivity contribution is 0.646. The molecule has 0 fully saturated rings. The number of nitrogens with zero attached hydrogens (tertiary/aromatic N) is 5. The van der Waals surface area contributed by atoms with Gasteiger partial charge in [0.1, 0.15) is 16.9 Å². The third-order valence-corrected chi connectivity index (χ3v) is 3.47. The van der Waals surface area contributed by atoms with Crippen molar-refractivity contribution in [2.24, 2.45) is 7.05 Å². The monoisotopic (exact) mass is 261 g/mol. The zero-order valence-electron chi connectivity index (χ0n) is 9.99. The van der Waals surface area contributed by atoms with Crippen molar-refractivity contribution < 1.29 is 0 Å². The van der Waals surface area contributed by atoms with E-state index >= 15 is 0 Å². The number of aryl methyl sites for hydroxylation is 1. The van der Waals surface area contributed by atoms with Crippen molar-refractivity contribution in [3.8, 4) is 0 Å². The van der Waals surface area contributed by atoms with Gasteiger partial charge in [-0.1, -0.05) is 6.07 Å². The van der Waals surface area contributed by atoms with Crippen molar-refractivity contribution in [1.29, 1.82) is 0 Å². The smallest absolute Gasteiger partial charge is 0.282 e. The van der Waals surface area contributed by atoms with Crippen LogP contribution in [0.2, 0.25) is 0 Å². The van der Waals surface area contributed by atoms with Crippen molar-refractivity contribution >= 4 is 22.8 Å². The van der Waals surface area contributed by atoms with Gasteiger partial charge in [-0.15, -0.1) is 0 Å². The quantitative estimate of drug-likeness (QED) is 0.688. The summed E-state index contributed by atoms with van der Waals surface area (Å²) in [7, 11) is 1.72. The highest BCUT2D eigenvalue weighted by Gasteiger charge is 2.07. The second-order valence-corrected chi connectivity index (χ2v) is 4.66. The van der Waals surface area contributed by atoms with Crippen molar-refractivity contribution in [3.05, 3.63) is 40.1 Å². The summed E-state index contributed by atoms with van der Waals surface area (Å²) in [6.07, 6.45) is 0. The van der Waals surface area contributed by atoms with Gasteiger partial charge in [0.25, 0.3) is 0 Å². The molecule has 0 saturated carbocycles. The lowest BCUT2D eigenvalue weighted by Gasteiger charge is -1.99. The molecule has 0 aliphatic carbocycles. The molecule has 6 nitrogen and oxygen atoms in total. The summed E-state index contributed by atoms with van der Waals surface area (Å²) in [5.74, 6) is 0.705. The Morgan fingerprint density at radius 2 is 2.06 bits per heavy atom. The molecule has 92 valence electrons. The first-order valence-electron chi connectivity index (χ1n) is 5.47. The van der Waals surface area contributed by atoms with Crippen LogP contribution in [0.25, 0.3) is 11.0 Å². The third-order valence-electron chi connectivity index (χ3n) is 2.91. The minimum Gasteiger partial charge on any atom is -0.282 e. The molecule has 0 atom stereocenters. The first-order chi connectivity index (χ1) is 8.65. The van der Waals surface area contributed by atoms with Crippen LogP contribution in [-0.2, 0) is 13.6 Å². The van der Waals surface area contributed by atoms with Crippen LogP contribution in [0.3, 0.4) is 0 Å². The van der Waals surface area contributed by atoms with Crippen LogP contribution in [0.5, 0.6) is 0 Å². The van der Waals surface area contributed by atoms with E-state index in [0.29, 0.717) is 12.4 Å². The molecule has 18 heavy (non-hydrogen) atoms. The van der Waals surface area contributed by atoms with E-state index in [1.807, 2.05) is 25.1 Å². The van der Waals surface area contributed by atoms with Crippen molar-refractivity contribution in [3.63, 3.8) is 0 Å². The van der Waals surface area contributed by atoms with Crippen LogP contribution in [0.4, 0.5) is 0 Å². The van der Waals surface area contributed by atoms with E-state index < -0.39 is 0 Å². The number of fused-ring (bicyclic) bond motifs is 1. The minimum absolute atomic E-state index is 0.107. The summed E-state index contributed by atoms with van der Waals surface area (Å²) in [5, 5.41) is 4.21. The summed E-state index contributed by atoms with van der Waals surface area (Å²) in [6, 6.07) is 5.80. The second kappa shape index (κ2) is 4.02. The van der Waals surface area contributed by atoms with Crippen LogP contribution in [0, 0.1) is 6.92 Å². The van der Waals surface area contributed by atoms with Crippen molar-refractivity contribution in [1.82, 2.24) is 23.1 Å². The fourth-order valence-corrected chi connectivity index (χ4v) is 2.32. The Labute approximate surface area is 107 Å². The molecular weight excluding hydrogens is 250 g/mol. The predicted octanol–water partition coefficient (Wildman–Crippen LogP) is 0.943. The van der Waals surface area contributed by atoms with Gasteiger partial charge in [-0.3, -0.25) is 4.57 Å². The maximum Gasteiger partial charge on any atom is 0.345 e. The summed E-state index contributed by atoms with van der Waals surface area (Å²) < 4.78 is 11.3. The zero-order chi connectivity index (χ0) is 12.7. The molecule has 0 amide bonds. The van der Waals surface area contributed by atoms with Gasteiger partial charge in [0.15, 0.2) is 0 Å². The van der Waals surface area contributed by atoms with Crippen molar-refractivity contribution in [2.75, 3.05) is 0 Å². The zero-order valence-corrected chi connectivity index (χ0v) is 10.8. The predicted molar refractivity (Wildman–Crippen MR) is 68.7 cm³/mol. The first kappa shape index (κ1) is 11.1. The average molecular weight is 261 g/mol. The number of hydrogen-bond acceptors (Lipinski definition) is 5. The molecule has 0 bridgehead atoms. The second-order valence-electron chi connectivity index (χ2n) is 4.13. The standard InChI is InChI=1S/C11H11N5OS/c1-7-12-16(11(17)15(7)2)6-8-3-4-9-10(5-8)14-18-13-9/h3-5H,6H2,1-2H3. The number of benzene rings is 1. The van der Waals surface area contributed by atoms with Gasteiger partial charge in [-0.2, -0.15) is 13.8 Å². The normalized spacial score (nSPS) is 11.2. The third kappa shape index (κ3) is 1.72. The highest BCUT2D eigenvalue weighted by Crippen LogP contribution is 2.13. The van der Waals surface area contributed by atoms with E-state index in [9.17, 15) is 4.79 Å².